The zero-order valence-corrected chi connectivity index (χ0v) is 14.5. The third-order valence-electron chi connectivity index (χ3n) is 5.21. The zero-order chi connectivity index (χ0) is 16.7. The molecule has 0 spiro atoms. The van der Waals surface area contributed by atoms with Gasteiger partial charge in [-0.05, 0) is 11.5 Å². The second-order valence-electron chi connectivity index (χ2n) is 6.58. The molecule has 4 heteroatoms. The second kappa shape index (κ2) is 8.57. The Morgan fingerprint density at radius 1 is 1.09 bits per heavy atom. The van der Waals surface area contributed by atoms with Crippen molar-refractivity contribution in [1.29, 1.82) is 5.41 Å². The van der Waals surface area contributed by atoms with E-state index >= 15 is 0 Å². The van der Waals surface area contributed by atoms with Crippen molar-refractivity contribution in [3.05, 3.63) is 35.9 Å². The highest BCUT2D eigenvalue weighted by Crippen LogP contribution is 2.35. The van der Waals surface area contributed by atoms with Gasteiger partial charge in [-0.15, -0.1) is 0 Å². The van der Waals surface area contributed by atoms with Gasteiger partial charge in [0, 0.05) is 45.5 Å². The first-order chi connectivity index (χ1) is 11.1. The fourth-order valence-corrected chi connectivity index (χ4v) is 3.75. The van der Waals surface area contributed by atoms with Crippen LogP contribution in [0.25, 0.3) is 0 Å². The number of rotatable bonds is 8. The molecule has 1 unspecified atom stereocenters. The monoisotopic (exact) mass is 317 g/mol. The van der Waals surface area contributed by atoms with Crippen LogP contribution in [-0.2, 0) is 5.60 Å². The van der Waals surface area contributed by atoms with Crippen LogP contribution >= 0.6 is 0 Å². The molecule has 1 aromatic rings. The van der Waals surface area contributed by atoms with Crippen molar-refractivity contribution in [3.63, 3.8) is 0 Å². The summed E-state index contributed by atoms with van der Waals surface area (Å²) < 4.78 is 0. The maximum atomic E-state index is 11.6. The molecule has 2 rings (SSSR count). The highest BCUT2D eigenvalue weighted by Gasteiger charge is 2.38. The summed E-state index contributed by atoms with van der Waals surface area (Å²) in [6.45, 7) is 9.65. The summed E-state index contributed by atoms with van der Waals surface area (Å²) in [5.41, 5.74) is 0.254. The molecule has 23 heavy (non-hydrogen) atoms. The van der Waals surface area contributed by atoms with Gasteiger partial charge < -0.3 is 10.5 Å². The Labute approximate surface area is 140 Å². The van der Waals surface area contributed by atoms with Crippen molar-refractivity contribution in [1.82, 2.24) is 9.80 Å². The lowest BCUT2D eigenvalue weighted by Gasteiger charge is -2.42. The van der Waals surface area contributed by atoms with Crippen LogP contribution in [0.1, 0.15) is 32.3 Å². The quantitative estimate of drug-likeness (QED) is 0.725. The summed E-state index contributed by atoms with van der Waals surface area (Å²) in [6.07, 6.45) is 3.44. The van der Waals surface area contributed by atoms with E-state index in [1.807, 2.05) is 18.2 Å². The van der Waals surface area contributed by atoms with E-state index in [0.717, 1.165) is 51.1 Å². The van der Waals surface area contributed by atoms with Gasteiger partial charge in [0.05, 0.1) is 0 Å². The van der Waals surface area contributed by atoms with E-state index in [1.165, 1.54) is 6.21 Å². The Morgan fingerprint density at radius 3 is 2.17 bits per heavy atom. The fraction of sp³-hybridized carbons (Fsp3) is 0.632. The van der Waals surface area contributed by atoms with E-state index in [1.54, 1.807) is 0 Å². The number of β-amino-alcohol motifs (C(OH)–C–C–N with tert-alkyl or cyclic N) is 1. The molecule has 1 fully saturated rings. The van der Waals surface area contributed by atoms with E-state index in [4.69, 9.17) is 5.41 Å². The number of hydrogen-bond acceptors (Lipinski definition) is 4. The lowest BCUT2D eigenvalue weighted by atomic mass is 9.77. The second-order valence-corrected chi connectivity index (χ2v) is 6.58. The van der Waals surface area contributed by atoms with Gasteiger partial charge in [-0.25, -0.2) is 0 Å². The Morgan fingerprint density at radius 2 is 1.65 bits per heavy atom. The number of benzene rings is 1. The van der Waals surface area contributed by atoms with Crippen molar-refractivity contribution in [3.8, 4) is 0 Å². The first kappa shape index (κ1) is 18.1. The average molecular weight is 317 g/mol. The third-order valence-corrected chi connectivity index (χ3v) is 5.21. The van der Waals surface area contributed by atoms with Crippen molar-refractivity contribution in [2.75, 3.05) is 39.3 Å². The molecule has 0 aliphatic carbocycles. The van der Waals surface area contributed by atoms with Crippen LogP contribution in [0.2, 0.25) is 0 Å². The first-order valence-corrected chi connectivity index (χ1v) is 8.85. The Bertz CT molecular complexity index is 467. The molecule has 2 N–H and O–H groups in total. The van der Waals surface area contributed by atoms with Crippen molar-refractivity contribution >= 4 is 6.21 Å². The normalized spacial score (nSPS) is 19.7. The summed E-state index contributed by atoms with van der Waals surface area (Å²) in [5, 5.41) is 18.8. The minimum atomic E-state index is -0.783. The summed E-state index contributed by atoms with van der Waals surface area (Å²) in [7, 11) is 0. The molecule has 1 heterocycles. The van der Waals surface area contributed by atoms with Crippen LogP contribution in [0.5, 0.6) is 0 Å². The van der Waals surface area contributed by atoms with Gasteiger partial charge in [0.2, 0.25) is 0 Å². The Kier molecular flexibility index (Phi) is 6.75. The van der Waals surface area contributed by atoms with E-state index in [2.05, 4.69) is 35.8 Å². The maximum absolute atomic E-state index is 11.6. The average Bonchev–Trinajstić information content (AvgIpc) is 2.59. The van der Waals surface area contributed by atoms with Gasteiger partial charge in [-0.1, -0.05) is 57.0 Å². The zero-order valence-electron chi connectivity index (χ0n) is 14.5. The largest absolute Gasteiger partial charge is 0.384 e. The Balaban J connectivity index is 2.11. The highest BCUT2D eigenvalue weighted by molar-refractivity contribution is 5.55. The summed E-state index contributed by atoms with van der Waals surface area (Å²) >= 11 is 0. The summed E-state index contributed by atoms with van der Waals surface area (Å²) in [5.74, 6) is 0.268. The minimum absolute atomic E-state index is 0.268. The van der Waals surface area contributed by atoms with Crippen LogP contribution in [0.15, 0.2) is 30.3 Å². The van der Waals surface area contributed by atoms with Gasteiger partial charge in [0.25, 0.3) is 0 Å². The molecule has 1 aliphatic heterocycles. The molecule has 128 valence electrons. The SMILES string of the molecule is CCC(CC)C(O)(CN1CCN(CC=N)CC1)c1ccccc1. The number of aliphatic hydroxyl groups is 1. The number of hydrogen-bond donors (Lipinski definition) is 2. The molecule has 1 aromatic carbocycles. The number of nitrogens with zero attached hydrogens (tertiary/aromatic N) is 2. The lowest BCUT2D eigenvalue weighted by Crippen LogP contribution is -2.53. The number of nitrogens with one attached hydrogen (secondary N) is 1. The summed E-state index contributed by atoms with van der Waals surface area (Å²) in [4.78, 5) is 4.67. The fourth-order valence-electron chi connectivity index (χ4n) is 3.75. The van der Waals surface area contributed by atoms with Gasteiger partial charge in [-0.3, -0.25) is 9.80 Å². The standard InChI is InChI=1S/C19H31N3O/c1-3-17(4-2)19(23,18-8-6-5-7-9-18)16-22-14-12-21(11-10-20)13-15-22/h5-10,17,20,23H,3-4,11-16H2,1-2H3. The van der Waals surface area contributed by atoms with Crippen molar-refractivity contribution in [2.45, 2.75) is 32.3 Å². The molecular formula is C19H31N3O. The smallest absolute Gasteiger partial charge is 0.105 e. The molecule has 0 saturated carbocycles. The maximum Gasteiger partial charge on any atom is 0.105 e. The van der Waals surface area contributed by atoms with Crippen molar-refractivity contribution < 1.29 is 5.11 Å². The Hall–Kier alpha value is -1.23. The molecule has 1 atom stereocenters. The highest BCUT2D eigenvalue weighted by atomic mass is 16.3. The van der Waals surface area contributed by atoms with Crippen LogP contribution in [0, 0.1) is 11.3 Å². The molecule has 4 nitrogen and oxygen atoms in total. The molecular weight excluding hydrogens is 286 g/mol. The molecule has 0 amide bonds. The number of piperazine rings is 1. The lowest BCUT2D eigenvalue weighted by molar-refractivity contribution is -0.0616. The van der Waals surface area contributed by atoms with E-state index in [9.17, 15) is 5.11 Å². The molecule has 1 saturated heterocycles. The van der Waals surface area contributed by atoms with Gasteiger partial charge >= 0.3 is 0 Å². The van der Waals surface area contributed by atoms with E-state index in [-0.39, 0.29) is 5.92 Å². The minimum Gasteiger partial charge on any atom is -0.384 e. The third kappa shape index (κ3) is 4.40. The topological polar surface area (TPSA) is 50.6 Å². The van der Waals surface area contributed by atoms with Crippen LogP contribution < -0.4 is 0 Å². The van der Waals surface area contributed by atoms with Gasteiger partial charge in [-0.2, -0.15) is 0 Å². The van der Waals surface area contributed by atoms with Gasteiger partial charge in [0.15, 0.2) is 0 Å². The van der Waals surface area contributed by atoms with Crippen LogP contribution in [-0.4, -0.2) is 60.4 Å². The van der Waals surface area contributed by atoms with E-state index in [0.29, 0.717) is 6.54 Å². The molecule has 0 bridgehead atoms. The van der Waals surface area contributed by atoms with Crippen molar-refractivity contribution in [2.24, 2.45) is 5.92 Å². The summed E-state index contributed by atoms with van der Waals surface area (Å²) in [6, 6.07) is 10.2. The first-order valence-electron chi connectivity index (χ1n) is 8.85. The predicted octanol–water partition coefficient (Wildman–Crippen LogP) is 2.58. The van der Waals surface area contributed by atoms with Crippen LogP contribution in [0.4, 0.5) is 0 Å². The van der Waals surface area contributed by atoms with E-state index < -0.39 is 5.60 Å². The van der Waals surface area contributed by atoms with Crippen LogP contribution in [0.3, 0.4) is 0 Å². The molecule has 1 aliphatic rings. The van der Waals surface area contributed by atoms with Gasteiger partial charge in [0.1, 0.15) is 5.60 Å². The predicted molar refractivity (Wildman–Crippen MR) is 96.1 cm³/mol. The molecule has 0 radical (unpaired) electrons. The molecule has 0 aromatic heterocycles.